The van der Waals surface area contributed by atoms with E-state index in [-0.39, 0.29) is 41.3 Å². The standard InChI is InChI=1S/C16H19Cl2N5O4S.Na/c1-22-10-15(9-19-22)23(14-2-4-27-5-3-14)28(25,26)21-16(24)20-13-7-11(17)6-12(18)8-13;/h6-10,14H,2-5H2,1H3,(H2,20,21,24);. The summed E-state index contributed by atoms with van der Waals surface area (Å²) in [6.45, 7) is 0.869. The third kappa shape index (κ3) is 6.48. The summed E-state index contributed by atoms with van der Waals surface area (Å²) >= 11 is 11.8. The van der Waals surface area contributed by atoms with Crippen molar-refractivity contribution in [2.75, 3.05) is 22.8 Å². The normalized spacial score (nSPS) is 14.7. The average molecular weight is 471 g/mol. The number of halogens is 2. The van der Waals surface area contributed by atoms with Crippen LogP contribution in [0.1, 0.15) is 12.8 Å². The first-order chi connectivity index (χ1) is 13.2. The molecule has 1 radical (unpaired) electrons. The second-order valence-electron chi connectivity index (χ2n) is 6.23. The summed E-state index contributed by atoms with van der Waals surface area (Å²) in [4.78, 5) is 12.3. The fourth-order valence-electron chi connectivity index (χ4n) is 2.94. The quantitative estimate of drug-likeness (QED) is 0.652. The zero-order valence-corrected chi connectivity index (χ0v) is 20.3. The van der Waals surface area contributed by atoms with Crippen molar-refractivity contribution in [3.05, 3.63) is 40.6 Å². The molecule has 13 heteroatoms. The van der Waals surface area contributed by atoms with Crippen LogP contribution in [-0.4, -0.2) is 73.0 Å². The van der Waals surface area contributed by atoms with E-state index in [0.29, 0.717) is 41.8 Å². The van der Waals surface area contributed by atoms with Gasteiger partial charge in [-0.15, -0.1) is 0 Å². The van der Waals surface area contributed by atoms with E-state index in [1.165, 1.54) is 33.4 Å². The average Bonchev–Trinajstić information content (AvgIpc) is 2.99. The van der Waals surface area contributed by atoms with Gasteiger partial charge in [0, 0.05) is 71.7 Å². The van der Waals surface area contributed by atoms with Gasteiger partial charge in [-0.05, 0) is 31.0 Å². The van der Waals surface area contributed by atoms with Crippen LogP contribution in [0.2, 0.25) is 10.0 Å². The number of benzene rings is 1. The zero-order chi connectivity index (χ0) is 20.3. The summed E-state index contributed by atoms with van der Waals surface area (Å²) in [5, 5.41) is 7.08. The molecule has 1 aromatic carbocycles. The number of carbonyl (C=O) groups excluding carboxylic acids is 1. The van der Waals surface area contributed by atoms with Crippen LogP contribution in [0.4, 0.5) is 16.2 Å². The number of amides is 2. The Kier molecular flexibility index (Phi) is 8.65. The van der Waals surface area contributed by atoms with Gasteiger partial charge >= 0.3 is 16.2 Å². The van der Waals surface area contributed by atoms with Crippen LogP contribution in [0, 0.1) is 0 Å². The first kappa shape index (κ1) is 24.3. The third-order valence-corrected chi connectivity index (χ3v) is 5.98. The molecule has 1 aromatic heterocycles. The van der Waals surface area contributed by atoms with Crippen molar-refractivity contribution >= 4 is 80.4 Å². The number of anilines is 2. The molecule has 153 valence electrons. The molecule has 0 saturated carbocycles. The Balaban J connectivity index is 0.00000300. The minimum atomic E-state index is -4.20. The number of rotatable bonds is 5. The minimum absolute atomic E-state index is 0. The van der Waals surface area contributed by atoms with Gasteiger partial charge in [0.15, 0.2) is 0 Å². The smallest absolute Gasteiger partial charge is 0.334 e. The van der Waals surface area contributed by atoms with Crippen LogP contribution in [0.5, 0.6) is 0 Å². The molecule has 9 nitrogen and oxygen atoms in total. The number of nitrogens with one attached hydrogen (secondary N) is 2. The van der Waals surface area contributed by atoms with Gasteiger partial charge < -0.3 is 10.1 Å². The number of urea groups is 1. The van der Waals surface area contributed by atoms with Gasteiger partial charge in [-0.1, -0.05) is 23.2 Å². The van der Waals surface area contributed by atoms with Crippen LogP contribution in [0.15, 0.2) is 30.6 Å². The summed E-state index contributed by atoms with van der Waals surface area (Å²) in [7, 11) is -2.52. The Morgan fingerprint density at radius 3 is 2.41 bits per heavy atom. The molecule has 0 spiro atoms. The minimum Gasteiger partial charge on any atom is -0.381 e. The molecule has 2 amide bonds. The molecule has 2 N–H and O–H groups in total. The molecule has 3 rings (SSSR count). The van der Waals surface area contributed by atoms with Crippen molar-refractivity contribution in [3.8, 4) is 0 Å². The number of aromatic nitrogens is 2. The van der Waals surface area contributed by atoms with Crippen molar-refractivity contribution in [2.45, 2.75) is 18.9 Å². The maximum Gasteiger partial charge on any atom is 0.334 e. The van der Waals surface area contributed by atoms with E-state index in [9.17, 15) is 13.2 Å². The summed E-state index contributed by atoms with van der Waals surface area (Å²) < 4.78 is 36.0. The van der Waals surface area contributed by atoms with Gasteiger partial charge in [0.05, 0.1) is 17.9 Å². The molecule has 1 saturated heterocycles. The molecular formula is C16H19Cl2N5NaO4S. The number of aryl methyl sites for hydroxylation is 1. The molecule has 0 aliphatic carbocycles. The Morgan fingerprint density at radius 1 is 1.24 bits per heavy atom. The number of hydrogen-bond acceptors (Lipinski definition) is 5. The Hall–Kier alpha value is -1.01. The van der Waals surface area contributed by atoms with Crippen molar-refractivity contribution in [1.82, 2.24) is 14.5 Å². The molecule has 0 unspecified atom stereocenters. The van der Waals surface area contributed by atoms with E-state index in [1.54, 1.807) is 13.2 Å². The number of ether oxygens (including phenoxy) is 1. The molecule has 2 aromatic rings. The Morgan fingerprint density at radius 2 is 1.86 bits per heavy atom. The number of carbonyl (C=O) groups is 1. The zero-order valence-electron chi connectivity index (χ0n) is 15.9. The first-order valence-corrected chi connectivity index (χ1v) is 10.6. The molecule has 1 fully saturated rings. The molecule has 0 bridgehead atoms. The molecule has 1 aliphatic rings. The predicted octanol–water partition coefficient (Wildman–Crippen LogP) is 2.40. The van der Waals surface area contributed by atoms with Crippen LogP contribution < -0.4 is 14.3 Å². The van der Waals surface area contributed by atoms with E-state index < -0.39 is 16.2 Å². The van der Waals surface area contributed by atoms with E-state index >= 15 is 0 Å². The van der Waals surface area contributed by atoms with Gasteiger partial charge in [-0.25, -0.2) is 13.8 Å². The van der Waals surface area contributed by atoms with Crippen LogP contribution in [0.25, 0.3) is 0 Å². The second kappa shape index (κ2) is 10.3. The maximum atomic E-state index is 13.0. The molecule has 29 heavy (non-hydrogen) atoms. The van der Waals surface area contributed by atoms with Crippen molar-refractivity contribution in [3.63, 3.8) is 0 Å². The fraction of sp³-hybridized carbons (Fsp3) is 0.375. The molecule has 0 atom stereocenters. The molecule has 2 heterocycles. The predicted molar refractivity (Wildman–Crippen MR) is 113 cm³/mol. The summed E-state index contributed by atoms with van der Waals surface area (Å²) in [6.07, 6.45) is 4.01. The van der Waals surface area contributed by atoms with Gasteiger partial charge in [0.2, 0.25) is 0 Å². The molecule has 1 aliphatic heterocycles. The van der Waals surface area contributed by atoms with Crippen LogP contribution in [-0.2, 0) is 22.0 Å². The van der Waals surface area contributed by atoms with E-state index in [2.05, 4.69) is 10.4 Å². The van der Waals surface area contributed by atoms with Crippen LogP contribution in [0.3, 0.4) is 0 Å². The number of hydrogen-bond donors (Lipinski definition) is 2. The van der Waals surface area contributed by atoms with Crippen molar-refractivity contribution < 1.29 is 17.9 Å². The number of nitrogens with zero attached hydrogens (tertiary/aromatic N) is 3. The van der Waals surface area contributed by atoms with E-state index in [1.807, 2.05) is 4.72 Å². The van der Waals surface area contributed by atoms with Gasteiger partial charge in [0.1, 0.15) is 0 Å². The fourth-order valence-corrected chi connectivity index (χ4v) is 4.82. The van der Waals surface area contributed by atoms with Gasteiger partial charge in [-0.3, -0.25) is 4.68 Å². The summed E-state index contributed by atoms with van der Waals surface area (Å²) in [5.74, 6) is 0. The maximum absolute atomic E-state index is 13.0. The van der Waals surface area contributed by atoms with E-state index in [0.717, 1.165) is 0 Å². The summed E-state index contributed by atoms with van der Waals surface area (Å²) in [6, 6.07) is 3.12. The Labute approximate surface area is 201 Å². The molecular weight excluding hydrogens is 452 g/mol. The first-order valence-electron chi connectivity index (χ1n) is 8.40. The van der Waals surface area contributed by atoms with Gasteiger partial charge in [0.25, 0.3) is 0 Å². The Bertz CT molecular complexity index is 946. The topological polar surface area (TPSA) is 106 Å². The second-order valence-corrected chi connectivity index (χ2v) is 8.65. The summed E-state index contributed by atoms with van der Waals surface area (Å²) in [5.41, 5.74) is 0.629. The van der Waals surface area contributed by atoms with E-state index in [4.69, 9.17) is 27.9 Å². The van der Waals surface area contributed by atoms with Gasteiger partial charge in [-0.2, -0.15) is 13.5 Å². The van der Waals surface area contributed by atoms with Crippen LogP contribution >= 0.6 is 23.2 Å². The van der Waals surface area contributed by atoms with Crippen molar-refractivity contribution in [2.24, 2.45) is 7.05 Å². The SMILES string of the molecule is Cn1cc(N(C2CCOCC2)S(=O)(=O)NC(=O)Nc2cc(Cl)cc(Cl)c2)cn1.[Na]. The third-order valence-electron chi connectivity index (χ3n) is 4.07. The largest absolute Gasteiger partial charge is 0.381 e. The monoisotopic (exact) mass is 470 g/mol. The van der Waals surface area contributed by atoms with Crippen molar-refractivity contribution in [1.29, 1.82) is 0 Å².